The third kappa shape index (κ3) is 4.42. The molecule has 0 saturated heterocycles. The Morgan fingerprint density at radius 2 is 1.91 bits per heavy atom. The molecule has 6 nitrogen and oxygen atoms in total. The molecule has 0 spiro atoms. The first kappa shape index (κ1) is 22.2. The number of amides is 1. The Labute approximate surface area is 204 Å². The second kappa shape index (κ2) is 9.32. The number of aryl methyl sites for hydroxylation is 1. The minimum atomic E-state index is -0.337. The van der Waals surface area contributed by atoms with Crippen molar-refractivity contribution in [2.24, 2.45) is 0 Å². The van der Waals surface area contributed by atoms with Crippen molar-refractivity contribution >= 4 is 45.9 Å². The number of aromatic nitrogens is 4. The SMILES string of the molecule is Cc1ccc(NC(=O)CSc2nnc(-c3c[nH]c4ccccc34)n2-c2ccc(F)cc2)cc1Cl. The number of rotatable bonds is 6. The van der Waals surface area contributed by atoms with E-state index in [-0.39, 0.29) is 17.5 Å². The van der Waals surface area contributed by atoms with Gasteiger partial charge >= 0.3 is 0 Å². The Morgan fingerprint density at radius 3 is 2.71 bits per heavy atom. The highest BCUT2D eigenvalue weighted by Gasteiger charge is 2.20. The maximum absolute atomic E-state index is 13.6. The van der Waals surface area contributed by atoms with Crippen LogP contribution in [-0.4, -0.2) is 31.4 Å². The first-order chi connectivity index (χ1) is 16.5. The number of benzene rings is 3. The smallest absolute Gasteiger partial charge is 0.234 e. The number of H-pyrrole nitrogens is 1. The highest BCUT2D eigenvalue weighted by atomic mass is 35.5. The Hall–Kier alpha value is -3.62. The normalized spacial score (nSPS) is 11.1. The fourth-order valence-corrected chi connectivity index (χ4v) is 4.55. The molecule has 1 amide bonds. The van der Waals surface area contributed by atoms with E-state index in [1.807, 2.05) is 48.0 Å². The van der Waals surface area contributed by atoms with E-state index in [4.69, 9.17) is 11.6 Å². The number of aromatic amines is 1. The molecule has 0 atom stereocenters. The lowest BCUT2D eigenvalue weighted by molar-refractivity contribution is -0.113. The predicted molar refractivity (Wildman–Crippen MR) is 134 cm³/mol. The van der Waals surface area contributed by atoms with Crippen LogP contribution in [0.3, 0.4) is 0 Å². The van der Waals surface area contributed by atoms with Crippen LogP contribution in [0.25, 0.3) is 28.0 Å². The van der Waals surface area contributed by atoms with E-state index in [0.717, 1.165) is 22.0 Å². The van der Waals surface area contributed by atoms with Gasteiger partial charge in [0.2, 0.25) is 5.91 Å². The van der Waals surface area contributed by atoms with Crippen LogP contribution in [0.5, 0.6) is 0 Å². The van der Waals surface area contributed by atoms with E-state index in [2.05, 4.69) is 20.5 Å². The number of nitrogens with zero attached hydrogens (tertiary/aromatic N) is 3. The summed E-state index contributed by atoms with van der Waals surface area (Å²) in [6.07, 6.45) is 1.87. The van der Waals surface area contributed by atoms with Crippen LogP contribution in [0.2, 0.25) is 5.02 Å². The lowest BCUT2D eigenvalue weighted by Crippen LogP contribution is -2.14. The average Bonchev–Trinajstić information content (AvgIpc) is 3.44. The molecule has 0 aliphatic rings. The van der Waals surface area contributed by atoms with Gasteiger partial charge < -0.3 is 10.3 Å². The van der Waals surface area contributed by atoms with Gasteiger partial charge in [-0.2, -0.15) is 0 Å². The third-order valence-corrected chi connectivity index (χ3v) is 6.67. The maximum atomic E-state index is 13.6. The van der Waals surface area contributed by atoms with E-state index in [9.17, 15) is 9.18 Å². The molecule has 0 unspecified atom stereocenters. The van der Waals surface area contributed by atoms with Crippen molar-refractivity contribution in [1.29, 1.82) is 0 Å². The van der Waals surface area contributed by atoms with E-state index < -0.39 is 0 Å². The number of anilines is 1. The summed E-state index contributed by atoms with van der Waals surface area (Å²) in [6.45, 7) is 1.90. The largest absolute Gasteiger partial charge is 0.360 e. The van der Waals surface area contributed by atoms with Gasteiger partial charge in [0.25, 0.3) is 0 Å². The van der Waals surface area contributed by atoms with Crippen molar-refractivity contribution < 1.29 is 9.18 Å². The van der Waals surface area contributed by atoms with Crippen molar-refractivity contribution in [3.8, 4) is 17.1 Å². The number of hydrogen-bond acceptors (Lipinski definition) is 4. The lowest BCUT2D eigenvalue weighted by atomic mass is 10.1. The zero-order chi connectivity index (χ0) is 23.7. The van der Waals surface area contributed by atoms with Crippen molar-refractivity contribution in [3.05, 3.63) is 89.3 Å². The van der Waals surface area contributed by atoms with Gasteiger partial charge in [0, 0.05) is 39.1 Å². The van der Waals surface area contributed by atoms with Gasteiger partial charge in [0.1, 0.15) is 5.82 Å². The number of thioether (sulfide) groups is 1. The fraction of sp³-hybridized carbons (Fsp3) is 0.0800. The minimum absolute atomic E-state index is 0.110. The summed E-state index contributed by atoms with van der Waals surface area (Å²) in [5.41, 5.74) is 4.08. The average molecular weight is 492 g/mol. The number of carbonyl (C=O) groups excluding carboxylic acids is 1. The molecule has 3 aromatic carbocycles. The zero-order valence-electron chi connectivity index (χ0n) is 18.0. The number of halogens is 2. The highest BCUT2D eigenvalue weighted by molar-refractivity contribution is 7.99. The summed E-state index contributed by atoms with van der Waals surface area (Å²) in [4.78, 5) is 15.8. The van der Waals surface area contributed by atoms with Crippen molar-refractivity contribution in [2.45, 2.75) is 12.1 Å². The quantitative estimate of drug-likeness (QED) is 0.275. The van der Waals surface area contributed by atoms with Gasteiger partial charge in [-0.15, -0.1) is 10.2 Å². The monoisotopic (exact) mass is 491 g/mol. The third-order valence-electron chi connectivity index (χ3n) is 5.34. The van der Waals surface area contributed by atoms with Crippen LogP contribution in [0, 0.1) is 12.7 Å². The van der Waals surface area contributed by atoms with Gasteiger partial charge in [-0.25, -0.2) is 4.39 Å². The molecule has 9 heteroatoms. The number of hydrogen-bond donors (Lipinski definition) is 2. The number of para-hydroxylation sites is 1. The second-order valence-electron chi connectivity index (χ2n) is 7.67. The zero-order valence-corrected chi connectivity index (χ0v) is 19.6. The molecule has 0 aliphatic heterocycles. The molecular weight excluding hydrogens is 473 g/mol. The molecule has 0 saturated carbocycles. The Kier molecular flexibility index (Phi) is 6.08. The molecule has 0 radical (unpaired) electrons. The van der Waals surface area contributed by atoms with Crippen LogP contribution in [-0.2, 0) is 4.79 Å². The first-order valence-corrected chi connectivity index (χ1v) is 11.8. The number of nitrogens with one attached hydrogen (secondary N) is 2. The molecule has 5 rings (SSSR count). The van der Waals surface area contributed by atoms with E-state index >= 15 is 0 Å². The first-order valence-electron chi connectivity index (χ1n) is 10.5. The molecule has 2 aromatic heterocycles. The van der Waals surface area contributed by atoms with Crippen LogP contribution >= 0.6 is 23.4 Å². The van der Waals surface area contributed by atoms with Crippen molar-refractivity contribution in [2.75, 3.05) is 11.1 Å². The van der Waals surface area contributed by atoms with Crippen molar-refractivity contribution in [3.63, 3.8) is 0 Å². The number of fused-ring (bicyclic) bond motifs is 1. The van der Waals surface area contributed by atoms with Gasteiger partial charge in [-0.05, 0) is 55.0 Å². The summed E-state index contributed by atoms with van der Waals surface area (Å²) in [7, 11) is 0. The topological polar surface area (TPSA) is 75.6 Å². The summed E-state index contributed by atoms with van der Waals surface area (Å²) < 4.78 is 15.4. The minimum Gasteiger partial charge on any atom is -0.360 e. The van der Waals surface area contributed by atoms with Crippen LogP contribution < -0.4 is 5.32 Å². The molecule has 0 aliphatic carbocycles. The maximum Gasteiger partial charge on any atom is 0.234 e. The van der Waals surface area contributed by atoms with Crippen LogP contribution in [0.4, 0.5) is 10.1 Å². The van der Waals surface area contributed by atoms with E-state index in [1.165, 1.54) is 23.9 Å². The standard InChI is InChI=1S/C25H19ClFN5OS/c1-15-6-9-17(12-21(15)26)29-23(33)14-34-25-31-30-24(32(25)18-10-7-16(27)8-11-18)20-13-28-22-5-3-2-4-19(20)22/h2-13,28H,14H2,1H3,(H,29,33). The van der Waals surface area contributed by atoms with Gasteiger partial charge in [-0.1, -0.05) is 47.6 Å². The predicted octanol–water partition coefficient (Wildman–Crippen LogP) is 6.25. The van der Waals surface area contributed by atoms with E-state index in [0.29, 0.717) is 27.4 Å². The van der Waals surface area contributed by atoms with Crippen molar-refractivity contribution in [1.82, 2.24) is 19.7 Å². The summed E-state index contributed by atoms with van der Waals surface area (Å²) >= 11 is 7.40. The second-order valence-corrected chi connectivity index (χ2v) is 9.02. The Balaban J connectivity index is 1.45. The number of carbonyl (C=O) groups is 1. The Morgan fingerprint density at radius 1 is 1.12 bits per heavy atom. The molecule has 0 bridgehead atoms. The molecule has 2 N–H and O–H groups in total. The van der Waals surface area contributed by atoms with Crippen LogP contribution in [0.1, 0.15) is 5.56 Å². The highest BCUT2D eigenvalue weighted by Crippen LogP contribution is 2.32. The molecular formula is C25H19ClFN5OS. The molecule has 0 fully saturated rings. The van der Waals surface area contributed by atoms with Crippen LogP contribution in [0.15, 0.2) is 78.1 Å². The lowest BCUT2D eigenvalue weighted by Gasteiger charge is -2.10. The van der Waals surface area contributed by atoms with E-state index in [1.54, 1.807) is 24.3 Å². The molecule has 170 valence electrons. The van der Waals surface area contributed by atoms with Gasteiger partial charge in [0.15, 0.2) is 11.0 Å². The summed E-state index contributed by atoms with van der Waals surface area (Å²) in [6, 6.07) is 19.4. The molecule has 5 aromatic rings. The summed E-state index contributed by atoms with van der Waals surface area (Å²) in [5, 5.41) is 13.7. The molecule has 34 heavy (non-hydrogen) atoms. The summed E-state index contributed by atoms with van der Waals surface area (Å²) in [5.74, 6) is 0.166. The van der Waals surface area contributed by atoms with Gasteiger partial charge in [-0.3, -0.25) is 9.36 Å². The van der Waals surface area contributed by atoms with Gasteiger partial charge in [0.05, 0.1) is 5.75 Å². The molecule has 2 heterocycles. The fourth-order valence-electron chi connectivity index (χ4n) is 3.62. The Bertz CT molecular complexity index is 1500.